The maximum atomic E-state index is 13.7. The Bertz CT molecular complexity index is 941. The van der Waals surface area contributed by atoms with Crippen molar-refractivity contribution < 1.29 is 8.78 Å². The molecule has 0 saturated carbocycles. The van der Waals surface area contributed by atoms with Crippen LogP contribution in [0.2, 0.25) is 0 Å². The molecule has 0 N–H and O–H groups in total. The first-order chi connectivity index (χ1) is 16.0. The number of hydrogen-bond acceptors (Lipinski definition) is 2. The third-order valence-corrected chi connectivity index (χ3v) is 7.00. The Balaban J connectivity index is 1.39. The number of rotatable bonds is 9. The Morgan fingerprint density at radius 2 is 1.42 bits per heavy atom. The molecule has 1 heterocycles. The van der Waals surface area contributed by atoms with Crippen LogP contribution in [-0.2, 0) is 11.8 Å². The van der Waals surface area contributed by atoms with Crippen LogP contribution in [0, 0.1) is 11.6 Å². The van der Waals surface area contributed by atoms with Gasteiger partial charge in [0, 0.05) is 18.5 Å². The molecule has 0 atom stereocenters. The number of likely N-dealkylation sites (N-methyl/N-ethyl adjacent to an activating group) is 1. The molecule has 0 unspecified atom stereocenters. The molecule has 174 valence electrons. The van der Waals surface area contributed by atoms with E-state index in [1.54, 1.807) is 24.3 Å². The van der Waals surface area contributed by atoms with Gasteiger partial charge in [0.25, 0.3) is 0 Å². The minimum absolute atomic E-state index is 0.223. The molecule has 33 heavy (non-hydrogen) atoms. The molecule has 4 rings (SSSR count). The Morgan fingerprint density at radius 3 is 2.03 bits per heavy atom. The molecular weight excluding hydrogens is 414 g/mol. The summed E-state index contributed by atoms with van der Waals surface area (Å²) in [4.78, 5) is 4.94. The van der Waals surface area contributed by atoms with Gasteiger partial charge in [-0.3, -0.25) is 0 Å². The van der Waals surface area contributed by atoms with Crippen LogP contribution in [0.5, 0.6) is 0 Å². The molecule has 0 radical (unpaired) electrons. The van der Waals surface area contributed by atoms with Crippen molar-refractivity contribution >= 4 is 0 Å². The van der Waals surface area contributed by atoms with Crippen molar-refractivity contribution in [3.63, 3.8) is 0 Å². The molecular formula is C29H34F2N2. The molecule has 3 aromatic rings. The second kappa shape index (κ2) is 11.0. The van der Waals surface area contributed by atoms with Gasteiger partial charge in [0.1, 0.15) is 11.6 Å². The smallest absolute Gasteiger partial charge is 0.123 e. The maximum Gasteiger partial charge on any atom is 0.123 e. The van der Waals surface area contributed by atoms with Crippen LogP contribution >= 0.6 is 0 Å². The van der Waals surface area contributed by atoms with Gasteiger partial charge in [0.15, 0.2) is 0 Å². The van der Waals surface area contributed by atoms with Gasteiger partial charge in [-0.2, -0.15) is 0 Å². The molecule has 3 aromatic carbocycles. The first kappa shape index (κ1) is 23.6. The summed E-state index contributed by atoms with van der Waals surface area (Å²) in [5, 5.41) is 0. The largest absolute Gasteiger partial charge is 0.306 e. The lowest BCUT2D eigenvalue weighted by Crippen LogP contribution is -2.47. The highest BCUT2D eigenvalue weighted by atomic mass is 19.1. The van der Waals surface area contributed by atoms with Gasteiger partial charge < -0.3 is 9.80 Å². The van der Waals surface area contributed by atoms with E-state index in [1.807, 2.05) is 24.3 Å². The van der Waals surface area contributed by atoms with Crippen LogP contribution in [0.1, 0.15) is 36.0 Å². The van der Waals surface area contributed by atoms with Gasteiger partial charge in [-0.05, 0) is 93.3 Å². The molecule has 0 amide bonds. The summed E-state index contributed by atoms with van der Waals surface area (Å²) < 4.78 is 27.3. The Morgan fingerprint density at radius 1 is 0.818 bits per heavy atom. The average Bonchev–Trinajstić information content (AvgIpc) is 2.84. The lowest BCUT2D eigenvalue weighted by atomic mass is 9.69. The summed E-state index contributed by atoms with van der Waals surface area (Å²) in [6.07, 6.45) is 4.23. The molecule has 1 aliphatic rings. The summed E-state index contributed by atoms with van der Waals surface area (Å²) in [7, 11) is 2.19. The second-order valence-corrected chi connectivity index (χ2v) is 9.37. The lowest BCUT2D eigenvalue weighted by molar-refractivity contribution is 0.160. The van der Waals surface area contributed by atoms with Gasteiger partial charge in [0.2, 0.25) is 0 Å². The first-order valence-corrected chi connectivity index (χ1v) is 12.0. The Kier molecular flexibility index (Phi) is 7.89. The molecule has 2 nitrogen and oxygen atoms in total. The van der Waals surface area contributed by atoms with E-state index >= 15 is 0 Å². The first-order valence-electron chi connectivity index (χ1n) is 12.0. The van der Waals surface area contributed by atoms with E-state index in [-0.39, 0.29) is 17.0 Å². The van der Waals surface area contributed by atoms with Crippen LogP contribution in [0.25, 0.3) is 0 Å². The fourth-order valence-electron chi connectivity index (χ4n) is 5.15. The molecule has 1 fully saturated rings. The van der Waals surface area contributed by atoms with Crippen molar-refractivity contribution in [1.29, 1.82) is 0 Å². The third-order valence-electron chi connectivity index (χ3n) is 7.00. The van der Waals surface area contributed by atoms with Crippen LogP contribution in [0.4, 0.5) is 8.78 Å². The molecule has 0 aliphatic carbocycles. The van der Waals surface area contributed by atoms with Crippen molar-refractivity contribution in [2.45, 2.75) is 31.1 Å². The van der Waals surface area contributed by atoms with Gasteiger partial charge in [-0.15, -0.1) is 0 Å². The van der Waals surface area contributed by atoms with E-state index in [2.05, 4.69) is 47.2 Å². The number of piperidine rings is 1. The fraction of sp³-hybridized carbons (Fsp3) is 0.379. The van der Waals surface area contributed by atoms with E-state index in [0.29, 0.717) is 0 Å². The van der Waals surface area contributed by atoms with Gasteiger partial charge in [-0.1, -0.05) is 54.6 Å². The van der Waals surface area contributed by atoms with Crippen LogP contribution < -0.4 is 0 Å². The maximum absolute atomic E-state index is 13.7. The van der Waals surface area contributed by atoms with Crippen LogP contribution in [0.15, 0.2) is 78.9 Å². The van der Waals surface area contributed by atoms with E-state index < -0.39 is 0 Å². The van der Waals surface area contributed by atoms with E-state index in [9.17, 15) is 8.78 Å². The SMILES string of the molecule is CN(CCCN1CCCC(c2ccc(F)cc2)(c2ccc(F)cc2)C1)CCc1ccccc1. The number of likely N-dealkylation sites (tertiary alicyclic amines) is 1. The van der Waals surface area contributed by atoms with E-state index in [0.717, 1.165) is 69.5 Å². The highest BCUT2D eigenvalue weighted by Gasteiger charge is 2.38. The summed E-state index contributed by atoms with van der Waals surface area (Å²) >= 11 is 0. The normalized spacial score (nSPS) is 16.2. The number of hydrogen-bond donors (Lipinski definition) is 0. The monoisotopic (exact) mass is 448 g/mol. The quantitative estimate of drug-likeness (QED) is 0.401. The molecule has 1 aliphatic heterocycles. The van der Waals surface area contributed by atoms with Crippen molar-refractivity contribution in [1.82, 2.24) is 9.80 Å². The van der Waals surface area contributed by atoms with Gasteiger partial charge in [0.05, 0.1) is 0 Å². The molecule has 4 heteroatoms. The Labute approximate surface area is 196 Å². The van der Waals surface area contributed by atoms with Crippen LogP contribution in [0.3, 0.4) is 0 Å². The highest BCUT2D eigenvalue weighted by molar-refractivity contribution is 5.41. The topological polar surface area (TPSA) is 6.48 Å². The molecule has 0 spiro atoms. The summed E-state index contributed by atoms with van der Waals surface area (Å²) in [6.45, 7) is 5.08. The van der Waals surface area contributed by atoms with Crippen molar-refractivity contribution in [3.8, 4) is 0 Å². The zero-order valence-electron chi connectivity index (χ0n) is 19.5. The summed E-state index contributed by atoms with van der Waals surface area (Å²) in [5.74, 6) is -0.446. The van der Waals surface area contributed by atoms with Crippen LogP contribution in [-0.4, -0.2) is 49.6 Å². The second-order valence-electron chi connectivity index (χ2n) is 9.37. The zero-order valence-corrected chi connectivity index (χ0v) is 19.5. The number of benzene rings is 3. The highest BCUT2D eigenvalue weighted by Crippen LogP contribution is 2.40. The molecule has 0 aromatic heterocycles. The zero-order chi connectivity index (χ0) is 23.1. The predicted octanol–water partition coefficient (Wildman–Crippen LogP) is 5.91. The minimum atomic E-state index is -0.237. The fourth-order valence-corrected chi connectivity index (χ4v) is 5.15. The summed E-state index contributed by atoms with van der Waals surface area (Å²) in [6, 6.07) is 24.4. The van der Waals surface area contributed by atoms with Gasteiger partial charge >= 0.3 is 0 Å². The van der Waals surface area contributed by atoms with Crippen molar-refractivity contribution in [3.05, 3.63) is 107 Å². The lowest BCUT2D eigenvalue weighted by Gasteiger charge is -2.44. The summed E-state index contributed by atoms with van der Waals surface area (Å²) in [5.41, 5.74) is 3.36. The van der Waals surface area contributed by atoms with Crippen molar-refractivity contribution in [2.75, 3.05) is 39.8 Å². The van der Waals surface area contributed by atoms with Crippen molar-refractivity contribution in [2.24, 2.45) is 0 Å². The average molecular weight is 449 g/mol. The molecule has 0 bridgehead atoms. The number of halogens is 2. The van der Waals surface area contributed by atoms with E-state index in [1.165, 1.54) is 5.56 Å². The number of nitrogens with zero attached hydrogens (tertiary/aromatic N) is 2. The Hall–Kier alpha value is -2.56. The van der Waals surface area contributed by atoms with E-state index in [4.69, 9.17) is 0 Å². The third kappa shape index (κ3) is 6.07. The van der Waals surface area contributed by atoms with Gasteiger partial charge in [-0.25, -0.2) is 8.78 Å². The standard InChI is InChI=1S/C29H34F2N2/c1-32(22-17-24-7-3-2-4-8-24)19-6-21-33-20-5-18-29(23-33,25-9-13-27(30)14-10-25)26-11-15-28(31)16-12-26/h2-4,7-16H,5-6,17-23H2,1H3. The predicted molar refractivity (Wildman–Crippen MR) is 132 cm³/mol. The molecule has 1 saturated heterocycles. The minimum Gasteiger partial charge on any atom is -0.306 e.